The van der Waals surface area contributed by atoms with E-state index >= 15 is 0 Å². The molecule has 0 saturated carbocycles. The molecule has 3 rings (SSSR count). The fourth-order valence-electron chi connectivity index (χ4n) is 4.50. The van der Waals surface area contributed by atoms with Gasteiger partial charge in [0.05, 0.1) is 43.4 Å². The molecule has 8 nitrogen and oxygen atoms in total. The molecule has 0 aliphatic carbocycles. The molecule has 37 heavy (non-hydrogen) atoms. The second kappa shape index (κ2) is 14.8. The van der Waals surface area contributed by atoms with Gasteiger partial charge in [0.2, 0.25) is 18.8 Å². The lowest BCUT2D eigenvalue weighted by Crippen LogP contribution is -2.56. The average molecular weight is 539 g/mol. The van der Waals surface area contributed by atoms with Crippen molar-refractivity contribution in [1.29, 1.82) is 0 Å². The number of carbonyl (C=O) groups excluding carboxylic acids is 1. The Morgan fingerprint density at radius 1 is 0.973 bits per heavy atom. The molecule has 1 amide bonds. The monoisotopic (exact) mass is 538 g/mol. The van der Waals surface area contributed by atoms with Crippen molar-refractivity contribution in [2.75, 3.05) is 33.3 Å². The van der Waals surface area contributed by atoms with Crippen molar-refractivity contribution in [2.45, 2.75) is 70.0 Å². The van der Waals surface area contributed by atoms with E-state index in [0.717, 1.165) is 12.0 Å². The number of methoxy groups -OCH3 is 1. The van der Waals surface area contributed by atoms with E-state index in [1.165, 1.54) is 4.90 Å². The van der Waals surface area contributed by atoms with Crippen molar-refractivity contribution in [3.63, 3.8) is 0 Å². The van der Waals surface area contributed by atoms with Crippen molar-refractivity contribution in [3.8, 4) is 5.75 Å². The van der Waals surface area contributed by atoms with Gasteiger partial charge in [-0.3, -0.25) is 9.69 Å². The number of hydrogen-bond acceptors (Lipinski definition) is 7. The van der Waals surface area contributed by atoms with Crippen LogP contribution in [0.15, 0.2) is 24.3 Å². The van der Waals surface area contributed by atoms with E-state index < -0.39 is 49.1 Å². The summed E-state index contributed by atoms with van der Waals surface area (Å²) in [6, 6.07) is 7.33. The summed E-state index contributed by atoms with van der Waals surface area (Å²) in [5.41, 5.74) is 0.918. The van der Waals surface area contributed by atoms with Gasteiger partial charge < -0.3 is 30.1 Å². The summed E-state index contributed by atoms with van der Waals surface area (Å²) in [5.74, 6) is -2.11. The van der Waals surface area contributed by atoms with E-state index in [1.807, 2.05) is 25.1 Å². The number of amides is 1. The number of unbranched alkanes of at least 4 members (excludes halogenated alkanes) is 1. The number of aliphatic hydroxyl groups is 4. The van der Waals surface area contributed by atoms with Crippen LogP contribution in [0.25, 0.3) is 0 Å². The number of hydrogen-bond donors (Lipinski definition) is 4. The first-order chi connectivity index (χ1) is 17.5. The highest BCUT2D eigenvalue weighted by Gasteiger charge is 2.41. The van der Waals surface area contributed by atoms with Crippen LogP contribution in [0, 0.1) is 11.8 Å². The number of benzene rings is 1. The van der Waals surface area contributed by atoms with Gasteiger partial charge in [0.1, 0.15) is 5.75 Å². The van der Waals surface area contributed by atoms with Crippen molar-refractivity contribution >= 4 is 5.91 Å². The van der Waals surface area contributed by atoms with Gasteiger partial charge >= 0.3 is 0 Å². The summed E-state index contributed by atoms with van der Waals surface area (Å²) < 4.78 is 56.1. The molecule has 0 unspecified atom stereocenters. The molecule has 212 valence electrons. The Morgan fingerprint density at radius 2 is 1.57 bits per heavy atom. The molecule has 4 N–H and O–H groups in total. The third-order valence-electron chi connectivity index (χ3n) is 6.70. The normalized spacial score (nSPS) is 28.7. The smallest absolute Gasteiger partial charge is 0.245 e. The fourth-order valence-corrected chi connectivity index (χ4v) is 4.50. The van der Waals surface area contributed by atoms with Crippen LogP contribution in [-0.2, 0) is 11.3 Å². The van der Waals surface area contributed by atoms with E-state index in [4.69, 9.17) is 4.74 Å². The van der Waals surface area contributed by atoms with E-state index in [9.17, 15) is 42.8 Å². The number of carbonyl (C=O) groups is 1. The molecule has 6 atom stereocenters. The summed E-state index contributed by atoms with van der Waals surface area (Å²) in [5, 5.41) is 38.2. The average Bonchev–Trinajstić information content (AvgIpc) is 2.86. The first kappa shape index (κ1) is 31.2. The molecule has 2 aliphatic heterocycles. The van der Waals surface area contributed by atoms with Gasteiger partial charge in [-0.2, -0.15) is 0 Å². The molecule has 2 heterocycles. The quantitative estimate of drug-likeness (QED) is 0.373. The van der Waals surface area contributed by atoms with Crippen molar-refractivity contribution in [2.24, 2.45) is 11.8 Å². The highest BCUT2D eigenvalue weighted by atomic mass is 19.3. The Hall–Kier alpha value is -1.99. The number of alkyl halides is 4. The first-order valence-electron chi connectivity index (χ1n) is 12.4. The van der Waals surface area contributed by atoms with Gasteiger partial charge in [-0.05, 0) is 24.1 Å². The van der Waals surface area contributed by atoms with Crippen LogP contribution < -0.4 is 4.74 Å². The zero-order valence-electron chi connectivity index (χ0n) is 21.1. The summed E-state index contributed by atoms with van der Waals surface area (Å²) in [6.45, 7) is 2.37. The maximum atomic E-state index is 12.9. The zero-order valence-corrected chi connectivity index (χ0v) is 21.1. The number of aliphatic hydroxyl groups excluding tert-OH is 4. The second-order valence-corrected chi connectivity index (χ2v) is 9.56. The van der Waals surface area contributed by atoms with Crippen molar-refractivity contribution in [1.82, 2.24) is 9.80 Å². The topological polar surface area (TPSA) is 114 Å². The van der Waals surface area contributed by atoms with Crippen LogP contribution in [0.3, 0.4) is 0 Å². The van der Waals surface area contributed by atoms with Gasteiger partial charge in [-0.15, -0.1) is 0 Å². The summed E-state index contributed by atoms with van der Waals surface area (Å²) in [7, 11) is 1.56. The zero-order chi connectivity index (χ0) is 27.7. The van der Waals surface area contributed by atoms with Crippen LogP contribution in [0.1, 0.15) is 31.7 Å². The number of halogens is 4. The molecule has 0 radical (unpaired) electrons. The third-order valence-corrected chi connectivity index (χ3v) is 6.70. The molecular weight excluding hydrogens is 500 g/mol. The molecule has 1 aromatic rings. The Bertz CT molecular complexity index is 836. The molecule has 2 fully saturated rings. The van der Waals surface area contributed by atoms with E-state index in [0.29, 0.717) is 25.1 Å². The molecular formula is C25H38F4N2O6. The van der Waals surface area contributed by atoms with Crippen LogP contribution in [0.4, 0.5) is 17.6 Å². The Morgan fingerprint density at radius 3 is 2.14 bits per heavy atom. The SMILES string of the molecule is CCCCC(=O)N1C[C@@H](O)[C@H](O)[C@@H](C(F)F)C1.COc1cccc(CN2C[C@@H](O)[C@H](O)[C@@H](C(F)F)C2)c1. The predicted molar refractivity (Wildman–Crippen MR) is 127 cm³/mol. The van der Waals surface area contributed by atoms with Crippen LogP contribution in [0.2, 0.25) is 0 Å². The second-order valence-electron chi connectivity index (χ2n) is 9.56. The lowest BCUT2D eigenvalue weighted by Gasteiger charge is -2.39. The highest BCUT2D eigenvalue weighted by molar-refractivity contribution is 5.76. The van der Waals surface area contributed by atoms with Crippen LogP contribution in [-0.4, -0.2) is 107 Å². The van der Waals surface area contributed by atoms with Crippen LogP contribution >= 0.6 is 0 Å². The predicted octanol–water partition coefficient (Wildman–Crippen LogP) is 1.74. The first-order valence-corrected chi connectivity index (χ1v) is 12.4. The number of β-amino-alcohol motifs (C(OH)–C–C–N with tert-alkyl or cyclic N) is 2. The van der Waals surface area contributed by atoms with Gasteiger partial charge in [0, 0.05) is 39.1 Å². The van der Waals surface area contributed by atoms with E-state index in [2.05, 4.69) is 0 Å². The standard InChI is InChI=1S/C14H19F2NO3.C11H19F2NO3/c1-20-10-4-2-3-9(5-10)6-17-7-11(14(15)16)13(19)12(18)8-17;1-2-3-4-9(16)14-5-7(11(12)13)10(17)8(15)6-14/h2-5,11-14,18-19H,6-8H2,1H3;7-8,10-11,15,17H,2-6H2,1H3/t11-,12+,13+;7-,8+,10+/m00/s1. The Balaban J connectivity index is 0.000000264. The number of nitrogens with zero attached hydrogens (tertiary/aromatic N) is 2. The van der Waals surface area contributed by atoms with Gasteiger partial charge in [0.25, 0.3) is 0 Å². The lowest BCUT2D eigenvalue weighted by molar-refractivity contribution is -0.150. The van der Waals surface area contributed by atoms with Gasteiger partial charge in [-0.1, -0.05) is 25.5 Å². The molecule has 0 aromatic heterocycles. The van der Waals surface area contributed by atoms with Crippen molar-refractivity contribution < 1.29 is 47.5 Å². The van der Waals surface area contributed by atoms with Gasteiger partial charge in [-0.25, -0.2) is 17.6 Å². The molecule has 0 spiro atoms. The Kier molecular flexibility index (Phi) is 12.5. The lowest BCUT2D eigenvalue weighted by atomic mass is 9.92. The molecule has 12 heteroatoms. The minimum atomic E-state index is -2.73. The number of rotatable bonds is 8. The third kappa shape index (κ3) is 9.06. The molecule has 2 saturated heterocycles. The summed E-state index contributed by atoms with van der Waals surface area (Å²) >= 11 is 0. The van der Waals surface area contributed by atoms with Gasteiger partial charge in [0.15, 0.2) is 0 Å². The largest absolute Gasteiger partial charge is 0.497 e. The maximum Gasteiger partial charge on any atom is 0.245 e. The number of piperidine rings is 2. The van der Waals surface area contributed by atoms with Crippen molar-refractivity contribution in [3.05, 3.63) is 29.8 Å². The van der Waals surface area contributed by atoms with Crippen LogP contribution in [0.5, 0.6) is 5.75 Å². The molecule has 1 aromatic carbocycles. The summed E-state index contributed by atoms with van der Waals surface area (Å²) in [6.07, 6.45) is -8.77. The minimum absolute atomic E-state index is 0.0626. The number of likely N-dealkylation sites (tertiary alicyclic amines) is 2. The van der Waals surface area contributed by atoms with E-state index in [-0.39, 0.29) is 32.1 Å². The minimum Gasteiger partial charge on any atom is -0.497 e. The number of ether oxygens (including phenoxy) is 1. The highest BCUT2D eigenvalue weighted by Crippen LogP contribution is 2.26. The Labute approximate surface area is 214 Å². The summed E-state index contributed by atoms with van der Waals surface area (Å²) in [4.78, 5) is 14.6. The molecule has 2 aliphatic rings. The van der Waals surface area contributed by atoms with E-state index in [1.54, 1.807) is 18.1 Å². The molecule has 0 bridgehead atoms. The fraction of sp³-hybridized carbons (Fsp3) is 0.720. The maximum absolute atomic E-state index is 12.9.